The van der Waals surface area contributed by atoms with Crippen LogP contribution in [-0.4, -0.2) is 31.3 Å². The van der Waals surface area contributed by atoms with Gasteiger partial charge in [-0.3, -0.25) is 9.59 Å². The van der Waals surface area contributed by atoms with Crippen LogP contribution in [0.5, 0.6) is 11.5 Å². The van der Waals surface area contributed by atoms with Gasteiger partial charge in [0.25, 0.3) is 5.91 Å². The molecule has 0 atom stereocenters. The van der Waals surface area contributed by atoms with Crippen molar-refractivity contribution in [1.82, 2.24) is 0 Å². The molecular formula is C24H22F2N2O4S. The van der Waals surface area contributed by atoms with Crippen LogP contribution in [0.3, 0.4) is 0 Å². The summed E-state index contributed by atoms with van der Waals surface area (Å²) in [5, 5.41) is 5.48. The van der Waals surface area contributed by atoms with Crippen LogP contribution in [0.25, 0.3) is 0 Å². The van der Waals surface area contributed by atoms with Crippen molar-refractivity contribution in [3.05, 3.63) is 77.9 Å². The van der Waals surface area contributed by atoms with Crippen LogP contribution in [0.4, 0.5) is 20.2 Å². The summed E-state index contributed by atoms with van der Waals surface area (Å²) in [6.07, 6.45) is 0. The molecule has 0 aliphatic rings. The van der Waals surface area contributed by atoms with Gasteiger partial charge in [0.1, 0.15) is 0 Å². The smallest absolute Gasteiger partial charge is 0.387 e. The van der Waals surface area contributed by atoms with Crippen LogP contribution in [0.15, 0.2) is 71.6 Å². The van der Waals surface area contributed by atoms with E-state index in [0.29, 0.717) is 16.1 Å². The highest BCUT2D eigenvalue weighted by atomic mass is 32.2. The van der Waals surface area contributed by atoms with E-state index in [1.54, 1.807) is 24.3 Å². The first-order valence-electron chi connectivity index (χ1n) is 9.88. The summed E-state index contributed by atoms with van der Waals surface area (Å²) in [5.74, 6) is -0.634. The molecule has 2 N–H and O–H groups in total. The molecule has 3 rings (SSSR count). The fourth-order valence-electron chi connectivity index (χ4n) is 2.90. The van der Waals surface area contributed by atoms with Gasteiger partial charge in [-0.2, -0.15) is 8.78 Å². The molecule has 9 heteroatoms. The maximum atomic E-state index is 12.8. The zero-order chi connectivity index (χ0) is 23.8. The predicted molar refractivity (Wildman–Crippen MR) is 125 cm³/mol. The number of hydrogen-bond acceptors (Lipinski definition) is 5. The number of anilines is 2. The molecule has 0 aliphatic heterocycles. The first-order valence-corrected chi connectivity index (χ1v) is 10.9. The summed E-state index contributed by atoms with van der Waals surface area (Å²) in [4.78, 5) is 25.8. The molecule has 33 heavy (non-hydrogen) atoms. The average Bonchev–Trinajstić information content (AvgIpc) is 2.79. The first kappa shape index (κ1) is 24.1. The van der Waals surface area contributed by atoms with Crippen molar-refractivity contribution >= 4 is 35.0 Å². The van der Waals surface area contributed by atoms with E-state index in [-0.39, 0.29) is 28.8 Å². The molecular weight excluding hydrogens is 450 g/mol. The van der Waals surface area contributed by atoms with Crippen molar-refractivity contribution < 1.29 is 27.8 Å². The van der Waals surface area contributed by atoms with Crippen molar-refractivity contribution in [1.29, 1.82) is 0 Å². The molecule has 2 amide bonds. The van der Waals surface area contributed by atoms with E-state index in [4.69, 9.17) is 4.74 Å². The van der Waals surface area contributed by atoms with Crippen LogP contribution < -0.4 is 20.1 Å². The van der Waals surface area contributed by atoms with Crippen molar-refractivity contribution in [3.63, 3.8) is 0 Å². The van der Waals surface area contributed by atoms with Crippen LogP contribution in [0.2, 0.25) is 0 Å². The number of ether oxygens (including phenoxy) is 2. The van der Waals surface area contributed by atoms with Crippen molar-refractivity contribution in [3.8, 4) is 11.5 Å². The Kier molecular flexibility index (Phi) is 8.26. The normalized spacial score (nSPS) is 10.6. The molecule has 172 valence electrons. The Labute approximate surface area is 194 Å². The van der Waals surface area contributed by atoms with Gasteiger partial charge in [-0.25, -0.2) is 0 Å². The Hall–Kier alpha value is -3.59. The second kappa shape index (κ2) is 11.3. The van der Waals surface area contributed by atoms with Gasteiger partial charge in [-0.05, 0) is 43.3 Å². The summed E-state index contributed by atoms with van der Waals surface area (Å²) in [6.45, 7) is -1.07. The number of thioether (sulfide) groups is 1. The average molecular weight is 473 g/mol. The number of rotatable bonds is 9. The van der Waals surface area contributed by atoms with Crippen molar-refractivity contribution in [2.24, 2.45) is 0 Å². The topological polar surface area (TPSA) is 76.7 Å². The number of aryl methyl sites for hydroxylation is 1. The van der Waals surface area contributed by atoms with Crippen LogP contribution >= 0.6 is 11.8 Å². The number of carbonyl (C=O) groups is 2. The molecule has 0 radical (unpaired) electrons. The van der Waals surface area contributed by atoms with E-state index in [9.17, 15) is 18.4 Å². The van der Waals surface area contributed by atoms with E-state index < -0.39 is 12.5 Å². The Bertz CT molecular complexity index is 1120. The lowest BCUT2D eigenvalue weighted by molar-refractivity contribution is -0.113. The number of amides is 2. The van der Waals surface area contributed by atoms with Crippen molar-refractivity contribution in [2.45, 2.75) is 18.4 Å². The maximum absolute atomic E-state index is 12.8. The number of hydrogen-bond donors (Lipinski definition) is 2. The van der Waals surface area contributed by atoms with Gasteiger partial charge in [0.2, 0.25) is 5.91 Å². The number of carbonyl (C=O) groups excluding carboxylic acids is 2. The molecule has 0 aliphatic carbocycles. The van der Waals surface area contributed by atoms with Gasteiger partial charge in [0.05, 0.1) is 18.4 Å². The van der Waals surface area contributed by atoms with E-state index in [1.807, 2.05) is 31.2 Å². The number of benzene rings is 3. The minimum Gasteiger partial charge on any atom is -0.493 e. The number of methoxy groups -OCH3 is 1. The molecule has 0 bridgehead atoms. The monoisotopic (exact) mass is 472 g/mol. The highest BCUT2D eigenvalue weighted by molar-refractivity contribution is 8.00. The molecule has 3 aromatic rings. The fourth-order valence-corrected chi connectivity index (χ4v) is 3.75. The van der Waals surface area contributed by atoms with Gasteiger partial charge < -0.3 is 20.1 Å². The number of nitrogens with one attached hydrogen (secondary N) is 2. The highest BCUT2D eigenvalue weighted by Gasteiger charge is 2.16. The van der Waals surface area contributed by atoms with Crippen LogP contribution in [0.1, 0.15) is 15.9 Å². The van der Waals surface area contributed by atoms with Crippen molar-refractivity contribution in [2.75, 3.05) is 23.5 Å². The highest BCUT2D eigenvalue weighted by Crippen LogP contribution is 2.32. The summed E-state index contributed by atoms with van der Waals surface area (Å²) >= 11 is 1.22. The zero-order valence-corrected chi connectivity index (χ0v) is 18.7. The largest absolute Gasteiger partial charge is 0.493 e. The number of alkyl halides is 2. The van der Waals surface area contributed by atoms with E-state index >= 15 is 0 Å². The van der Waals surface area contributed by atoms with E-state index in [0.717, 1.165) is 5.56 Å². The van der Waals surface area contributed by atoms with Crippen LogP contribution in [-0.2, 0) is 4.79 Å². The van der Waals surface area contributed by atoms with Crippen LogP contribution in [0, 0.1) is 6.92 Å². The molecule has 0 heterocycles. The maximum Gasteiger partial charge on any atom is 0.387 e. The van der Waals surface area contributed by atoms with Gasteiger partial charge in [0, 0.05) is 22.3 Å². The predicted octanol–water partition coefficient (Wildman–Crippen LogP) is 5.59. The van der Waals surface area contributed by atoms with Gasteiger partial charge in [-0.1, -0.05) is 29.8 Å². The Morgan fingerprint density at radius 2 is 1.64 bits per heavy atom. The van der Waals surface area contributed by atoms with Gasteiger partial charge >= 0.3 is 6.61 Å². The first-order chi connectivity index (χ1) is 15.9. The minimum atomic E-state index is -3.03. The molecule has 6 nitrogen and oxygen atoms in total. The lowest BCUT2D eigenvalue weighted by Crippen LogP contribution is -2.16. The third kappa shape index (κ3) is 6.95. The molecule has 0 unspecified atom stereocenters. The molecule has 0 spiro atoms. The van der Waals surface area contributed by atoms with Gasteiger partial charge in [-0.15, -0.1) is 11.8 Å². The zero-order valence-electron chi connectivity index (χ0n) is 17.9. The quantitative estimate of drug-likeness (QED) is 0.397. The molecule has 0 saturated carbocycles. The third-order valence-corrected chi connectivity index (χ3v) is 5.54. The van der Waals surface area contributed by atoms with Gasteiger partial charge in [0.15, 0.2) is 11.5 Å². The molecule has 0 fully saturated rings. The second-order valence-electron chi connectivity index (χ2n) is 6.90. The summed E-state index contributed by atoms with van der Waals surface area (Å²) in [5.41, 5.74) is 2.39. The molecule has 0 aromatic heterocycles. The number of halogens is 2. The SMILES string of the molecule is COc1ccc(NC(=O)c2ccccc2SCC(=O)Nc2ccc(C)cc2)cc1OC(F)F. The Balaban J connectivity index is 1.67. The summed E-state index contributed by atoms with van der Waals surface area (Å²) in [6, 6.07) is 18.5. The Morgan fingerprint density at radius 1 is 0.939 bits per heavy atom. The third-order valence-electron chi connectivity index (χ3n) is 4.46. The Morgan fingerprint density at radius 3 is 2.33 bits per heavy atom. The lowest BCUT2D eigenvalue weighted by Gasteiger charge is -2.13. The summed E-state index contributed by atoms with van der Waals surface area (Å²) < 4.78 is 34.8. The summed E-state index contributed by atoms with van der Waals surface area (Å²) in [7, 11) is 1.33. The fraction of sp³-hybridized carbons (Fsp3) is 0.167. The molecule has 3 aromatic carbocycles. The van der Waals surface area contributed by atoms with E-state index in [1.165, 1.54) is 37.1 Å². The molecule has 0 saturated heterocycles. The lowest BCUT2D eigenvalue weighted by atomic mass is 10.2. The standard InChI is InChI=1S/C24H22F2N2O4S/c1-15-7-9-16(10-8-15)27-22(29)14-33-21-6-4-3-5-18(21)23(30)28-17-11-12-19(31-2)20(13-17)32-24(25)26/h3-13,24H,14H2,1-2H3,(H,27,29)(H,28,30). The minimum absolute atomic E-state index is 0.104. The van der Waals surface area contributed by atoms with E-state index in [2.05, 4.69) is 15.4 Å². The second-order valence-corrected chi connectivity index (χ2v) is 7.91.